The SMILES string of the molecule is Cc1ccccc1CCNc1ncc(N)cc1C#N. The number of aromatic nitrogens is 1. The van der Waals surface area contributed by atoms with E-state index >= 15 is 0 Å². The number of aryl methyl sites for hydroxylation is 1. The molecule has 0 fully saturated rings. The first-order valence-corrected chi connectivity index (χ1v) is 6.14. The summed E-state index contributed by atoms with van der Waals surface area (Å²) >= 11 is 0. The minimum atomic E-state index is 0.477. The van der Waals surface area contributed by atoms with Gasteiger partial charge in [0.1, 0.15) is 11.9 Å². The minimum Gasteiger partial charge on any atom is -0.397 e. The number of nitrogen functional groups attached to an aromatic ring is 1. The van der Waals surface area contributed by atoms with Crippen LogP contribution in [0.15, 0.2) is 36.5 Å². The molecule has 0 atom stereocenters. The van der Waals surface area contributed by atoms with Crippen LogP contribution in [-0.4, -0.2) is 11.5 Å². The Morgan fingerprint density at radius 2 is 2.16 bits per heavy atom. The Bertz CT molecular complexity index is 614. The van der Waals surface area contributed by atoms with Gasteiger partial charge in [0.2, 0.25) is 0 Å². The average Bonchev–Trinajstić information content (AvgIpc) is 2.42. The van der Waals surface area contributed by atoms with Crippen LogP contribution in [0.3, 0.4) is 0 Å². The standard InChI is InChI=1S/C15H16N4/c1-11-4-2-3-5-12(11)6-7-18-15-13(9-16)8-14(17)10-19-15/h2-5,8,10H,6-7,17H2,1H3,(H,18,19). The quantitative estimate of drug-likeness (QED) is 0.876. The fourth-order valence-corrected chi connectivity index (χ4v) is 1.91. The highest BCUT2D eigenvalue weighted by molar-refractivity contribution is 5.57. The normalized spacial score (nSPS) is 9.89. The van der Waals surface area contributed by atoms with E-state index in [9.17, 15) is 0 Å². The lowest BCUT2D eigenvalue weighted by atomic mass is 10.1. The Morgan fingerprint density at radius 1 is 1.37 bits per heavy atom. The van der Waals surface area contributed by atoms with E-state index in [1.807, 2.05) is 12.1 Å². The molecule has 2 aromatic rings. The van der Waals surface area contributed by atoms with Crippen molar-refractivity contribution in [3.8, 4) is 6.07 Å². The molecule has 0 saturated heterocycles. The highest BCUT2D eigenvalue weighted by Gasteiger charge is 2.04. The van der Waals surface area contributed by atoms with E-state index in [1.165, 1.54) is 11.1 Å². The molecule has 19 heavy (non-hydrogen) atoms. The molecular weight excluding hydrogens is 236 g/mol. The lowest BCUT2D eigenvalue weighted by molar-refractivity contribution is 0.992. The van der Waals surface area contributed by atoms with E-state index in [2.05, 4.69) is 35.4 Å². The number of rotatable bonds is 4. The predicted molar refractivity (Wildman–Crippen MR) is 76.7 cm³/mol. The van der Waals surface area contributed by atoms with Crippen LogP contribution in [0.4, 0.5) is 11.5 Å². The number of hydrogen-bond donors (Lipinski definition) is 2. The average molecular weight is 252 g/mol. The van der Waals surface area contributed by atoms with Crippen LogP contribution in [0.1, 0.15) is 16.7 Å². The van der Waals surface area contributed by atoms with E-state index in [0.717, 1.165) is 13.0 Å². The van der Waals surface area contributed by atoms with Gasteiger partial charge in [0.05, 0.1) is 17.4 Å². The predicted octanol–water partition coefficient (Wildman–Crippen LogP) is 2.50. The summed E-state index contributed by atoms with van der Waals surface area (Å²) in [6.45, 7) is 2.83. The van der Waals surface area contributed by atoms with Crippen molar-refractivity contribution < 1.29 is 0 Å². The highest BCUT2D eigenvalue weighted by Crippen LogP contribution is 2.14. The molecule has 0 amide bonds. The lowest BCUT2D eigenvalue weighted by Crippen LogP contribution is -2.08. The van der Waals surface area contributed by atoms with Gasteiger partial charge in [0.15, 0.2) is 0 Å². The van der Waals surface area contributed by atoms with Crippen LogP contribution >= 0.6 is 0 Å². The second kappa shape index (κ2) is 5.87. The largest absolute Gasteiger partial charge is 0.397 e. The molecule has 4 heteroatoms. The summed E-state index contributed by atoms with van der Waals surface area (Å²) in [4.78, 5) is 4.14. The maximum atomic E-state index is 9.02. The van der Waals surface area contributed by atoms with Crippen LogP contribution in [-0.2, 0) is 6.42 Å². The van der Waals surface area contributed by atoms with Crippen LogP contribution in [0.2, 0.25) is 0 Å². The van der Waals surface area contributed by atoms with E-state index in [4.69, 9.17) is 11.0 Å². The maximum Gasteiger partial charge on any atom is 0.144 e. The van der Waals surface area contributed by atoms with Gasteiger partial charge >= 0.3 is 0 Å². The van der Waals surface area contributed by atoms with Gasteiger partial charge in [-0.15, -0.1) is 0 Å². The molecule has 1 aromatic carbocycles. The number of nitrogens with zero attached hydrogens (tertiary/aromatic N) is 2. The molecule has 0 aliphatic carbocycles. The fourth-order valence-electron chi connectivity index (χ4n) is 1.91. The topological polar surface area (TPSA) is 74.7 Å². The molecule has 96 valence electrons. The van der Waals surface area contributed by atoms with Gasteiger partial charge in [-0.1, -0.05) is 24.3 Å². The van der Waals surface area contributed by atoms with Crippen LogP contribution in [0.25, 0.3) is 0 Å². The maximum absolute atomic E-state index is 9.02. The molecule has 0 saturated carbocycles. The van der Waals surface area contributed by atoms with Crippen molar-refractivity contribution in [1.82, 2.24) is 4.98 Å². The number of nitrogens with two attached hydrogens (primary N) is 1. The summed E-state index contributed by atoms with van der Waals surface area (Å²) in [5.41, 5.74) is 9.15. The molecule has 2 rings (SSSR count). The zero-order valence-electron chi connectivity index (χ0n) is 10.9. The lowest BCUT2D eigenvalue weighted by Gasteiger charge is -2.09. The van der Waals surface area contributed by atoms with Gasteiger partial charge in [-0.2, -0.15) is 5.26 Å². The van der Waals surface area contributed by atoms with Gasteiger partial charge in [-0.05, 0) is 30.5 Å². The Labute approximate surface area is 112 Å². The first-order chi connectivity index (χ1) is 9.20. The molecule has 0 spiro atoms. The molecule has 4 nitrogen and oxygen atoms in total. The van der Waals surface area contributed by atoms with E-state index in [-0.39, 0.29) is 0 Å². The Balaban J connectivity index is 2.01. The molecule has 0 radical (unpaired) electrons. The first-order valence-electron chi connectivity index (χ1n) is 6.14. The van der Waals surface area contributed by atoms with Crippen molar-refractivity contribution in [1.29, 1.82) is 5.26 Å². The summed E-state index contributed by atoms with van der Waals surface area (Å²) in [6, 6.07) is 12.0. The molecule has 1 aromatic heterocycles. The summed E-state index contributed by atoms with van der Waals surface area (Å²) < 4.78 is 0. The number of pyridine rings is 1. The Hall–Kier alpha value is -2.54. The molecule has 0 bridgehead atoms. The third-order valence-corrected chi connectivity index (χ3v) is 2.98. The van der Waals surface area contributed by atoms with Crippen molar-refractivity contribution in [3.05, 3.63) is 53.2 Å². The monoisotopic (exact) mass is 252 g/mol. The molecule has 1 heterocycles. The highest BCUT2D eigenvalue weighted by atomic mass is 15.0. The van der Waals surface area contributed by atoms with Gasteiger partial charge in [-0.3, -0.25) is 0 Å². The van der Waals surface area contributed by atoms with Gasteiger partial charge in [-0.25, -0.2) is 4.98 Å². The zero-order valence-corrected chi connectivity index (χ0v) is 10.9. The second-order valence-corrected chi connectivity index (χ2v) is 4.38. The number of nitriles is 1. The van der Waals surface area contributed by atoms with Crippen molar-refractivity contribution in [3.63, 3.8) is 0 Å². The number of benzene rings is 1. The fraction of sp³-hybridized carbons (Fsp3) is 0.200. The van der Waals surface area contributed by atoms with E-state index in [1.54, 1.807) is 12.3 Å². The molecule has 3 N–H and O–H groups in total. The third kappa shape index (κ3) is 3.23. The summed E-state index contributed by atoms with van der Waals surface area (Å²) in [7, 11) is 0. The van der Waals surface area contributed by atoms with Crippen molar-refractivity contribution in [2.75, 3.05) is 17.6 Å². The number of hydrogen-bond acceptors (Lipinski definition) is 4. The molecular formula is C15H16N4. The van der Waals surface area contributed by atoms with Gasteiger partial charge in [0, 0.05) is 6.54 Å². The smallest absolute Gasteiger partial charge is 0.144 e. The van der Waals surface area contributed by atoms with Crippen LogP contribution < -0.4 is 11.1 Å². The summed E-state index contributed by atoms with van der Waals surface area (Å²) in [6.07, 6.45) is 2.44. The first kappa shape index (κ1) is 12.9. The number of nitrogens with one attached hydrogen (secondary N) is 1. The second-order valence-electron chi connectivity index (χ2n) is 4.38. The summed E-state index contributed by atoms with van der Waals surface area (Å²) in [5, 5.41) is 12.2. The molecule has 0 unspecified atom stereocenters. The van der Waals surface area contributed by atoms with Crippen molar-refractivity contribution in [2.24, 2.45) is 0 Å². The van der Waals surface area contributed by atoms with Crippen LogP contribution in [0.5, 0.6) is 0 Å². The molecule has 0 aliphatic heterocycles. The van der Waals surface area contributed by atoms with Gasteiger partial charge < -0.3 is 11.1 Å². The van der Waals surface area contributed by atoms with E-state index < -0.39 is 0 Å². The van der Waals surface area contributed by atoms with Gasteiger partial charge in [0.25, 0.3) is 0 Å². The minimum absolute atomic E-state index is 0.477. The molecule has 0 aliphatic rings. The Kier molecular flexibility index (Phi) is 3.99. The van der Waals surface area contributed by atoms with E-state index in [0.29, 0.717) is 17.1 Å². The third-order valence-electron chi connectivity index (χ3n) is 2.98. The Morgan fingerprint density at radius 3 is 2.89 bits per heavy atom. The summed E-state index contributed by atoms with van der Waals surface area (Å²) in [5.74, 6) is 0.588. The van der Waals surface area contributed by atoms with Crippen molar-refractivity contribution >= 4 is 11.5 Å². The number of anilines is 2. The van der Waals surface area contributed by atoms with Crippen LogP contribution in [0, 0.1) is 18.3 Å². The van der Waals surface area contributed by atoms with Crippen molar-refractivity contribution in [2.45, 2.75) is 13.3 Å². The zero-order chi connectivity index (χ0) is 13.7.